The van der Waals surface area contributed by atoms with Crippen molar-refractivity contribution in [1.29, 1.82) is 0 Å². The highest BCUT2D eigenvalue weighted by Crippen LogP contribution is 2.22. The maximum absolute atomic E-state index is 5.61. The fourth-order valence-electron chi connectivity index (χ4n) is 0.729. The Bertz CT molecular complexity index is 234. The molecule has 1 nitrogen and oxygen atoms in total. The third-order valence-electron chi connectivity index (χ3n) is 1.18. The van der Waals surface area contributed by atoms with Crippen LogP contribution in [0.3, 0.4) is 0 Å². The van der Waals surface area contributed by atoms with Gasteiger partial charge < -0.3 is 0 Å². The van der Waals surface area contributed by atoms with Gasteiger partial charge in [-0.1, -0.05) is 13.8 Å². The van der Waals surface area contributed by atoms with E-state index in [0.29, 0.717) is 11.5 Å². The molecule has 0 unspecified atom stereocenters. The molecule has 0 atom stereocenters. The highest BCUT2D eigenvalue weighted by molar-refractivity contribution is 9.11. The summed E-state index contributed by atoms with van der Waals surface area (Å²) in [6.07, 6.45) is 0. The van der Waals surface area contributed by atoms with Crippen LogP contribution in [0.25, 0.3) is 0 Å². The largest absolute Gasteiger partial charge is 0.246 e. The van der Waals surface area contributed by atoms with Crippen LogP contribution in [0.2, 0.25) is 0 Å². The van der Waals surface area contributed by atoms with Gasteiger partial charge in [-0.2, -0.15) is 0 Å². The van der Waals surface area contributed by atoms with Crippen LogP contribution >= 0.6 is 27.3 Å². The number of halogens is 1. The number of rotatable bonds is 1. The van der Waals surface area contributed by atoms with Crippen molar-refractivity contribution >= 4 is 40.7 Å². The number of nitrogens with zero attached hydrogens (tertiary/aromatic N) is 1. The van der Waals surface area contributed by atoms with E-state index in [1.54, 1.807) is 11.3 Å². The zero-order valence-corrected chi connectivity index (χ0v) is 8.29. The third-order valence-corrected chi connectivity index (χ3v) is 3.00. The van der Waals surface area contributed by atoms with Gasteiger partial charge in [-0.15, -0.1) is 11.3 Å². The zero-order chi connectivity index (χ0) is 7.72. The summed E-state index contributed by atoms with van der Waals surface area (Å²) < 4.78 is 0.869. The first-order valence-electron chi connectivity index (χ1n) is 3.03. The van der Waals surface area contributed by atoms with E-state index < -0.39 is 0 Å². The Balaban J connectivity index is 3.03. The Morgan fingerprint density at radius 3 is 2.40 bits per heavy atom. The van der Waals surface area contributed by atoms with Crippen molar-refractivity contribution in [1.82, 2.24) is 4.98 Å². The molecule has 1 aromatic heterocycles. The van der Waals surface area contributed by atoms with Crippen molar-refractivity contribution in [3.05, 3.63) is 8.79 Å². The first-order valence-corrected chi connectivity index (χ1v) is 4.64. The van der Waals surface area contributed by atoms with Crippen molar-refractivity contribution in [3.63, 3.8) is 0 Å². The molecular weight excluding hydrogens is 209 g/mol. The van der Waals surface area contributed by atoms with Crippen molar-refractivity contribution in [3.8, 4) is 0 Å². The minimum Gasteiger partial charge on any atom is -0.246 e. The second-order valence-corrected chi connectivity index (χ2v) is 4.68. The topological polar surface area (TPSA) is 12.9 Å². The lowest BCUT2D eigenvalue weighted by Gasteiger charge is -1.99. The van der Waals surface area contributed by atoms with Gasteiger partial charge >= 0.3 is 0 Å². The SMILES string of the molecule is [B]c1nc(Br)sc1C(C)C. The molecule has 4 heteroatoms. The Morgan fingerprint density at radius 2 is 2.20 bits per heavy atom. The van der Waals surface area contributed by atoms with Crippen molar-refractivity contribution in [2.24, 2.45) is 0 Å². The van der Waals surface area contributed by atoms with Crippen LogP contribution in [-0.4, -0.2) is 12.8 Å². The molecule has 0 aliphatic carbocycles. The average molecular weight is 216 g/mol. The summed E-state index contributed by atoms with van der Waals surface area (Å²) in [5.41, 5.74) is 0.659. The summed E-state index contributed by atoms with van der Waals surface area (Å²) in [7, 11) is 5.61. The van der Waals surface area contributed by atoms with E-state index in [9.17, 15) is 0 Å². The van der Waals surface area contributed by atoms with Gasteiger partial charge in [-0.05, 0) is 21.8 Å². The van der Waals surface area contributed by atoms with E-state index in [-0.39, 0.29) is 0 Å². The highest BCUT2D eigenvalue weighted by Gasteiger charge is 2.07. The van der Waals surface area contributed by atoms with Crippen LogP contribution < -0.4 is 5.59 Å². The van der Waals surface area contributed by atoms with E-state index >= 15 is 0 Å². The van der Waals surface area contributed by atoms with Crippen molar-refractivity contribution in [2.45, 2.75) is 19.8 Å². The standard InChI is InChI=1S/C6H7BBrNS/c1-3(2)4-5(7)9-6(8)10-4/h3H,1-2H3. The second kappa shape index (κ2) is 3.05. The summed E-state index contributed by atoms with van der Waals surface area (Å²) in [5, 5.41) is 0. The normalized spacial score (nSPS) is 10.8. The van der Waals surface area contributed by atoms with Gasteiger partial charge in [0.05, 0.1) is 0 Å². The van der Waals surface area contributed by atoms with Gasteiger partial charge in [0.2, 0.25) is 0 Å². The second-order valence-electron chi connectivity index (χ2n) is 2.37. The summed E-state index contributed by atoms with van der Waals surface area (Å²) in [6, 6.07) is 0. The molecule has 0 aliphatic heterocycles. The molecule has 0 aliphatic rings. The van der Waals surface area contributed by atoms with Crippen molar-refractivity contribution in [2.75, 3.05) is 0 Å². The minimum atomic E-state index is 0.476. The van der Waals surface area contributed by atoms with Gasteiger partial charge in [0.1, 0.15) is 7.85 Å². The summed E-state index contributed by atoms with van der Waals surface area (Å²) >= 11 is 4.88. The maximum atomic E-state index is 5.61. The fourth-order valence-corrected chi connectivity index (χ4v) is 2.15. The average Bonchev–Trinajstić information content (AvgIpc) is 2.10. The van der Waals surface area contributed by atoms with Crippen LogP contribution in [0.4, 0.5) is 0 Å². The molecule has 10 heavy (non-hydrogen) atoms. The lowest BCUT2D eigenvalue weighted by atomic mass is 9.98. The van der Waals surface area contributed by atoms with Crippen LogP contribution in [0, 0.1) is 0 Å². The monoisotopic (exact) mass is 215 g/mol. The number of hydrogen-bond donors (Lipinski definition) is 0. The molecule has 0 saturated carbocycles. The van der Waals surface area contributed by atoms with Gasteiger partial charge in [0.15, 0.2) is 3.92 Å². The Morgan fingerprint density at radius 1 is 1.60 bits per heavy atom. The predicted octanol–water partition coefficient (Wildman–Crippen LogP) is 1.82. The molecule has 0 aromatic carbocycles. The predicted molar refractivity (Wildman–Crippen MR) is 49.3 cm³/mol. The summed E-state index contributed by atoms with van der Waals surface area (Å²) in [5.74, 6) is 0.476. The summed E-state index contributed by atoms with van der Waals surface area (Å²) in [6.45, 7) is 4.21. The lowest BCUT2D eigenvalue weighted by molar-refractivity contribution is 0.893. The molecule has 2 radical (unpaired) electrons. The molecular formula is C6H7BBrNS. The first kappa shape index (κ1) is 8.27. The Kier molecular flexibility index (Phi) is 2.52. The Hall–Kier alpha value is 0.175. The molecule has 1 heterocycles. The van der Waals surface area contributed by atoms with Crippen LogP contribution in [0.1, 0.15) is 24.6 Å². The Labute approximate surface area is 74.4 Å². The number of hydrogen-bond acceptors (Lipinski definition) is 2. The van der Waals surface area contributed by atoms with Gasteiger partial charge in [-0.25, -0.2) is 4.98 Å². The molecule has 0 fully saturated rings. The highest BCUT2D eigenvalue weighted by atomic mass is 79.9. The van der Waals surface area contributed by atoms with Crippen molar-refractivity contribution < 1.29 is 0 Å². The quantitative estimate of drug-likeness (QED) is 0.652. The molecule has 1 rings (SSSR count). The number of aromatic nitrogens is 1. The summed E-state index contributed by atoms with van der Waals surface area (Å²) in [4.78, 5) is 5.20. The van der Waals surface area contributed by atoms with Gasteiger partial charge in [0, 0.05) is 10.5 Å². The maximum Gasteiger partial charge on any atom is 0.158 e. The van der Waals surface area contributed by atoms with Gasteiger partial charge in [0.25, 0.3) is 0 Å². The molecule has 0 N–H and O–H groups in total. The number of thiazole rings is 1. The molecule has 0 saturated heterocycles. The molecule has 1 aromatic rings. The fraction of sp³-hybridized carbons (Fsp3) is 0.500. The van der Waals surface area contributed by atoms with E-state index in [4.69, 9.17) is 7.85 Å². The molecule has 52 valence electrons. The zero-order valence-electron chi connectivity index (χ0n) is 5.89. The molecule has 0 bridgehead atoms. The smallest absolute Gasteiger partial charge is 0.158 e. The van der Waals surface area contributed by atoms with Crippen LogP contribution in [0.5, 0.6) is 0 Å². The first-order chi connectivity index (χ1) is 4.61. The van der Waals surface area contributed by atoms with E-state index in [2.05, 4.69) is 34.8 Å². The van der Waals surface area contributed by atoms with Gasteiger partial charge in [-0.3, -0.25) is 0 Å². The van der Waals surface area contributed by atoms with E-state index in [1.807, 2.05) is 0 Å². The van der Waals surface area contributed by atoms with Crippen LogP contribution in [-0.2, 0) is 0 Å². The lowest BCUT2D eigenvalue weighted by Crippen LogP contribution is -2.09. The molecule has 0 spiro atoms. The third kappa shape index (κ3) is 1.61. The van der Waals surface area contributed by atoms with E-state index in [1.165, 1.54) is 0 Å². The van der Waals surface area contributed by atoms with E-state index in [0.717, 1.165) is 8.79 Å². The minimum absolute atomic E-state index is 0.476. The van der Waals surface area contributed by atoms with Crippen LogP contribution in [0.15, 0.2) is 3.92 Å². The molecule has 0 amide bonds.